The van der Waals surface area contributed by atoms with Crippen LogP contribution in [0.25, 0.3) is 0 Å². The molecule has 106 valence electrons. The Kier molecular flexibility index (Phi) is 4.71. The molecular formula is C16H32N2. The molecule has 2 saturated carbocycles. The van der Waals surface area contributed by atoms with Crippen LogP contribution in [0.1, 0.15) is 52.4 Å². The van der Waals surface area contributed by atoms with Gasteiger partial charge in [-0.2, -0.15) is 0 Å². The van der Waals surface area contributed by atoms with E-state index in [0.29, 0.717) is 5.41 Å². The number of fused-ring (bicyclic) bond motifs is 2. The maximum Gasteiger partial charge on any atom is 0.00469 e. The summed E-state index contributed by atoms with van der Waals surface area (Å²) in [7, 11) is 2.31. The molecule has 2 fully saturated rings. The highest BCUT2D eigenvalue weighted by Crippen LogP contribution is 2.48. The molecule has 2 heteroatoms. The predicted octanol–water partition coefficient (Wildman–Crippen LogP) is 3.12. The van der Waals surface area contributed by atoms with Crippen molar-refractivity contribution in [2.75, 3.05) is 26.7 Å². The number of nitrogens with two attached hydrogens (primary N) is 1. The van der Waals surface area contributed by atoms with Crippen LogP contribution in [-0.2, 0) is 0 Å². The third kappa shape index (κ3) is 2.91. The van der Waals surface area contributed by atoms with Crippen LogP contribution in [0.4, 0.5) is 0 Å². The van der Waals surface area contributed by atoms with E-state index in [4.69, 9.17) is 5.73 Å². The molecule has 2 aliphatic carbocycles. The zero-order valence-electron chi connectivity index (χ0n) is 12.6. The van der Waals surface area contributed by atoms with Crippen molar-refractivity contribution in [1.29, 1.82) is 0 Å². The second-order valence-electron chi connectivity index (χ2n) is 7.04. The minimum atomic E-state index is 0.354. The molecule has 2 bridgehead atoms. The molecule has 18 heavy (non-hydrogen) atoms. The molecule has 0 spiro atoms. The summed E-state index contributed by atoms with van der Waals surface area (Å²) >= 11 is 0. The lowest BCUT2D eigenvalue weighted by molar-refractivity contribution is 0.136. The maximum absolute atomic E-state index is 6.02. The van der Waals surface area contributed by atoms with Crippen molar-refractivity contribution < 1.29 is 0 Å². The first kappa shape index (κ1) is 14.3. The quantitative estimate of drug-likeness (QED) is 0.754. The standard InChI is InChI=1S/C16H32N2/c1-4-16(5-2,11-17)12-18(3)10-15-9-13-6-7-14(15)8-13/h13-15H,4-12,17H2,1-3H3. The minimum absolute atomic E-state index is 0.354. The van der Waals surface area contributed by atoms with Gasteiger partial charge in [-0.25, -0.2) is 0 Å². The van der Waals surface area contributed by atoms with E-state index >= 15 is 0 Å². The van der Waals surface area contributed by atoms with E-state index < -0.39 is 0 Å². The molecule has 0 aromatic carbocycles. The third-order valence-electron chi connectivity index (χ3n) is 5.97. The van der Waals surface area contributed by atoms with Gasteiger partial charge >= 0.3 is 0 Å². The van der Waals surface area contributed by atoms with Crippen molar-refractivity contribution in [2.24, 2.45) is 28.9 Å². The summed E-state index contributed by atoms with van der Waals surface area (Å²) in [6.07, 6.45) is 8.47. The van der Waals surface area contributed by atoms with Gasteiger partial charge in [0.05, 0.1) is 0 Å². The second-order valence-corrected chi connectivity index (χ2v) is 7.04. The molecule has 0 radical (unpaired) electrons. The van der Waals surface area contributed by atoms with E-state index in [9.17, 15) is 0 Å². The van der Waals surface area contributed by atoms with Crippen LogP contribution in [0.15, 0.2) is 0 Å². The van der Waals surface area contributed by atoms with Gasteiger partial charge in [0.25, 0.3) is 0 Å². The first-order chi connectivity index (χ1) is 8.62. The molecule has 2 aliphatic rings. The summed E-state index contributed by atoms with van der Waals surface area (Å²) in [6, 6.07) is 0. The van der Waals surface area contributed by atoms with E-state index in [0.717, 1.165) is 24.3 Å². The summed E-state index contributed by atoms with van der Waals surface area (Å²) in [6.45, 7) is 7.91. The normalized spacial score (nSPS) is 31.5. The monoisotopic (exact) mass is 252 g/mol. The lowest BCUT2D eigenvalue weighted by Gasteiger charge is -2.36. The number of rotatable bonds is 7. The summed E-state index contributed by atoms with van der Waals surface area (Å²) < 4.78 is 0. The van der Waals surface area contributed by atoms with Gasteiger partial charge in [-0.1, -0.05) is 20.3 Å². The molecule has 2 nitrogen and oxygen atoms in total. The second kappa shape index (κ2) is 5.92. The fourth-order valence-electron chi connectivity index (χ4n) is 4.46. The Morgan fingerprint density at radius 3 is 2.33 bits per heavy atom. The molecule has 0 aliphatic heterocycles. The zero-order valence-corrected chi connectivity index (χ0v) is 12.6. The Labute approximate surface area is 113 Å². The SMILES string of the molecule is CCC(CC)(CN)CN(C)CC1CC2CCC1C2. The first-order valence-electron chi connectivity index (χ1n) is 8.01. The van der Waals surface area contributed by atoms with Gasteiger partial charge in [-0.3, -0.25) is 0 Å². The highest BCUT2D eigenvalue weighted by atomic mass is 15.1. The first-order valence-corrected chi connectivity index (χ1v) is 8.01. The molecule has 0 heterocycles. The zero-order chi connectivity index (χ0) is 13.2. The van der Waals surface area contributed by atoms with Crippen LogP contribution >= 0.6 is 0 Å². The Morgan fingerprint density at radius 1 is 1.17 bits per heavy atom. The molecular weight excluding hydrogens is 220 g/mol. The topological polar surface area (TPSA) is 29.3 Å². The average molecular weight is 252 g/mol. The fraction of sp³-hybridized carbons (Fsp3) is 1.00. The van der Waals surface area contributed by atoms with E-state index in [1.165, 1.54) is 51.6 Å². The van der Waals surface area contributed by atoms with Crippen molar-refractivity contribution in [3.05, 3.63) is 0 Å². The van der Waals surface area contributed by atoms with E-state index in [1.54, 1.807) is 0 Å². The van der Waals surface area contributed by atoms with Crippen LogP contribution < -0.4 is 5.73 Å². The number of nitrogens with zero attached hydrogens (tertiary/aromatic N) is 1. The molecule has 2 rings (SSSR count). The summed E-state index contributed by atoms with van der Waals surface area (Å²) in [5.41, 5.74) is 6.37. The van der Waals surface area contributed by atoms with Crippen LogP contribution in [0.3, 0.4) is 0 Å². The van der Waals surface area contributed by atoms with Crippen molar-refractivity contribution in [1.82, 2.24) is 4.90 Å². The molecule has 0 aromatic rings. The largest absolute Gasteiger partial charge is 0.330 e. The van der Waals surface area contributed by atoms with Gasteiger partial charge in [-0.15, -0.1) is 0 Å². The molecule has 3 atom stereocenters. The summed E-state index contributed by atoms with van der Waals surface area (Å²) in [5.74, 6) is 3.11. The molecule has 2 N–H and O–H groups in total. The highest BCUT2D eigenvalue weighted by Gasteiger charge is 2.40. The smallest absolute Gasteiger partial charge is 0.00469 e. The van der Waals surface area contributed by atoms with E-state index in [-0.39, 0.29) is 0 Å². The van der Waals surface area contributed by atoms with E-state index in [1.807, 2.05) is 0 Å². The van der Waals surface area contributed by atoms with Crippen molar-refractivity contribution >= 4 is 0 Å². The molecule has 0 amide bonds. The minimum Gasteiger partial charge on any atom is -0.330 e. The van der Waals surface area contributed by atoms with E-state index in [2.05, 4.69) is 25.8 Å². The highest BCUT2D eigenvalue weighted by molar-refractivity contribution is 4.91. The predicted molar refractivity (Wildman–Crippen MR) is 78.5 cm³/mol. The maximum atomic E-state index is 6.02. The van der Waals surface area contributed by atoms with Crippen LogP contribution in [0, 0.1) is 23.2 Å². The van der Waals surface area contributed by atoms with Crippen molar-refractivity contribution in [2.45, 2.75) is 52.4 Å². The van der Waals surface area contributed by atoms with Gasteiger partial charge in [0.2, 0.25) is 0 Å². The van der Waals surface area contributed by atoms with Gasteiger partial charge in [0, 0.05) is 13.1 Å². The Morgan fingerprint density at radius 2 is 1.89 bits per heavy atom. The number of hydrogen-bond acceptors (Lipinski definition) is 2. The molecule has 0 saturated heterocycles. The van der Waals surface area contributed by atoms with Gasteiger partial charge in [0.1, 0.15) is 0 Å². The summed E-state index contributed by atoms with van der Waals surface area (Å²) in [5, 5.41) is 0. The number of hydrogen-bond donors (Lipinski definition) is 1. The lowest BCUT2D eigenvalue weighted by Crippen LogP contribution is -2.42. The molecule has 3 unspecified atom stereocenters. The van der Waals surface area contributed by atoms with Crippen LogP contribution in [0.2, 0.25) is 0 Å². The van der Waals surface area contributed by atoms with Gasteiger partial charge in [0.15, 0.2) is 0 Å². The van der Waals surface area contributed by atoms with Crippen molar-refractivity contribution in [3.8, 4) is 0 Å². The fourth-order valence-corrected chi connectivity index (χ4v) is 4.46. The summed E-state index contributed by atoms with van der Waals surface area (Å²) in [4.78, 5) is 2.57. The molecule has 0 aromatic heterocycles. The Hall–Kier alpha value is -0.0800. The Balaban J connectivity index is 1.82. The Bertz CT molecular complexity index is 252. The van der Waals surface area contributed by atoms with Crippen molar-refractivity contribution in [3.63, 3.8) is 0 Å². The van der Waals surface area contributed by atoms with Gasteiger partial charge < -0.3 is 10.6 Å². The van der Waals surface area contributed by atoms with Gasteiger partial charge in [-0.05, 0) is 68.9 Å². The average Bonchev–Trinajstić information content (AvgIpc) is 2.98. The third-order valence-corrected chi connectivity index (χ3v) is 5.97. The van der Waals surface area contributed by atoms with Crippen LogP contribution in [-0.4, -0.2) is 31.6 Å². The van der Waals surface area contributed by atoms with Crippen LogP contribution in [0.5, 0.6) is 0 Å². The lowest BCUT2D eigenvalue weighted by atomic mass is 9.81.